The van der Waals surface area contributed by atoms with Gasteiger partial charge in [-0.2, -0.15) is 0 Å². The third-order valence-corrected chi connectivity index (χ3v) is 6.86. The van der Waals surface area contributed by atoms with E-state index in [1.165, 1.54) is 12.2 Å². The van der Waals surface area contributed by atoms with Gasteiger partial charge in [0.15, 0.2) is 0 Å². The maximum absolute atomic E-state index is 14.4. The number of benzene rings is 3. The van der Waals surface area contributed by atoms with Gasteiger partial charge >= 0.3 is 0 Å². The Labute approximate surface area is 186 Å². The number of hydrogen-bond donors (Lipinski definition) is 0. The molecule has 0 aromatic heterocycles. The fraction of sp³-hybridized carbons (Fsp3) is 0.179. The zero-order chi connectivity index (χ0) is 21.7. The fourth-order valence-electron chi connectivity index (χ4n) is 5.42. The largest absolute Gasteiger partial charge is 0.372 e. The SMILES string of the molecule is O=C1N(C(c2ccccc2)c2ccccc2)c2ccccc2C12COC1CC=C(F)C=C12. The summed E-state index contributed by atoms with van der Waals surface area (Å²) in [5.41, 5.74) is 3.54. The molecule has 0 bridgehead atoms. The lowest BCUT2D eigenvalue weighted by Crippen LogP contribution is -2.44. The summed E-state index contributed by atoms with van der Waals surface area (Å²) in [6, 6.07) is 27.7. The first-order valence-corrected chi connectivity index (χ1v) is 10.9. The summed E-state index contributed by atoms with van der Waals surface area (Å²) in [6.45, 7) is 0.229. The van der Waals surface area contributed by atoms with Crippen LogP contribution in [-0.4, -0.2) is 18.6 Å². The lowest BCUT2D eigenvalue weighted by Gasteiger charge is -2.32. The number of nitrogens with zero attached hydrogens (tertiary/aromatic N) is 1. The number of para-hydroxylation sites is 1. The van der Waals surface area contributed by atoms with Gasteiger partial charge in [-0.15, -0.1) is 0 Å². The Morgan fingerprint density at radius 1 is 0.906 bits per heavy atom. The Morgan fingerprint density at radius 3 is 2.22 bits per heavy atom. The van der Waals surface area contributed by atoms with Gasteiger partial charge in [0.05, 0.1) is 18.8 Å². The third kappa shape index (κ3) is 2.66. The highest BCUT2D eigenvalue weighted by Crippen LogP contribution is 2.55. The standard InChI is InChI=1S/C28H22FNO2/c29-21-15-16-25-23(17-21)28(18-32-25)22-13-7-8-14-24(22)30(27(28)31)26(19-9-3-1-4-10-19)20-11-5-2-6-12-20/h1-15,17,25-26H,16,18H2. The Balaban J connectivity index is 1.58. The maximum atomic E-state index is 14.4. The summed E-state index contributed by atoms with van der Waals surface area (Å²) >= 11 is 0. The van der Waals surface area contributed by atoms with E-state index in [4.69, 9.17) is 4.74 Å². The van der Waals surface area contributed by atoms with Gasteiger partial charge in [-0.25, -0.2) is 4.39 Å². The van der Waals surface area contributed by atoms with Gasteiger partial charge in [0.2, 0.25) is 5.91 Å². The third-order valence-electron chi connectivity index (χ3n) is 6.86. The Bertz CT molecular complexity index is 1210. The monoisotopic (exact) mass is 423 g/mol. The molecule has 2 atom stereocenters. The van der Waals surface area contributed by atoms with Crippen molar-refractivity contribution in [2.24, 2.45) is 0 Å². The molecule has 0 radical (unpaired) electrons. The summed E-state index contributed by atoms with van der Waals surface area (Å²) in [6.07, 6.45) is 3.24. The summed E-state index contributed by atoms with van der Waals surface area (Å²) in [5, 5.41) is 0. The number of rotatable bonds is 3. The topological polar surface area (TPSA) is 29.5 Å². The predicted molar refractivity (Wildman–Crippen MR) is 122 cm³/mol. The number of amides is 1. The molecule has 3 aromatic carbocycles. The molecule has 1 aliphatic carbocycles. The van der Waals surface area contributed by atoms with E-state index in [-0.39, 0.29) is 30.5 Å². The van der Waals surface area contributed by atoms with Crippen LogP contribution in [0.5, 0.6) is 0 Å². The van der Waals surface area contributed by atoms with Crippen LogP contribution in [0, 0.1) is 0 Å². The molecule has 32 heavy (non-hydrogen) atoms. The van der Waals surface area contributed by atoms with Crippen molar-refractivity contribution in [2.45, 2.75) is 24.0 Å². The zero-order valence-electron chi connectivity index (χ0n) is 17.4. The van der Waals surface area contributed by atoms with Gasteiger partial charge in [0, 0.05) is 5.69 Å². The lowest BCUT2D eigenvalue weighted by molar-refractivity contribution is -0.122. The fourth-order valence-corrected chi connectivity index (χ4v) is 5.42. The second-order valence-corrected chi connectivity index (χ2v) is 8.55. The van der Waals surface area contributed by atoms with E-state index in [0.717, 1.165) is 28.0 Å². The van der Waals surface area contributed by atoms with Crippen molar-refractivity contribution in [2.75, 3.05) is 11.5 Å². The summed E-state index contributed by atoms with van der Waals surface area (Å²) in [4.78, 5) is 16.3. The van der Waals surface area contributed by atoms with E-state index in [1.807, 2.05) is 65.6 Å². The molecule has 1 spiro atoms. The van der Waals surface area contributed by atoms with Crippen LogP contribution >= 0.6 is 0 Å². The number of ether oxygens (including phenoxy) is 1. The maximum Gasteiger partial charge on any atom is 0.245 e. The van der Waals surface area contributed by atoms with E-state index in [0.29, 0.717) is 6.42 Å². The molecule has 3 nitrogen and oxygen atoms in total. The Morgan fingerprint density at radius 2 is 1.53 bits per heavy atom. The molecule has 1 saturated heterocycles. The van der Waals surface area contributed by atoms with Crippen molar-refractivity contribution in [1.82, 2.24) is 0 Å². The first-order valence-electron chi connectivity index (χ1n) is 10.9. The van der Waals surface area contributed by atoms with Crippen molar-refractivity contribution in [3.05, 3.63) is 125 Å². The molecule has 0 saturated carbocycles. The minimum absolute atomic E-state index is 0.0557. The summed E-state index contributed by atoms with van der Waals surface area (Å²) in [5.74, 6) is -0.354. The van der Waals surface area contributed by atoms with Crippen molar-refractivity contribution in [1.29, 1.82) is 0 Å². The number of carbonyl (C=O) groups excluding carboxylic acids is 1. The number of allylic oxidation sites excluding steroid dienone is 2. The van der Waals surface area contributed by atoms with Crippen LogP contribution in [0.2, 0.25) is 0 Å². The van der Waals surface area contributed by atoms with Gasteiger partial charge in [-0.3, -0.25) is 9.69 Å². The molecule has 1 amide bonds. The molecule has 3 aromatic rings. The Kier molecular flexibility index (Phi) is 4.37. The van der Waals surface area contributed by atoms with Crippen LogP contribution in [0.4, 0.5) is 10.1 Å². The van der Waals surface area contributed by atoms with Crippen LogP contribution in [0.25, 0.3) is 0 Å². The minimum Gasteiger partial charge on any atom is -0.372 e. The second-order valence-electron chi connectivity index (χ2n) is 8.55. The molecule has 2 unspecified atom stereocenters. The van der Waals surface area contributed by atoms with Crippen LogP contribution in [0.15, 0.2) is 108 Å². The van der Waals surface area contributed by atoms with E-state index in [9.17, 15) is 9.18 Å². The Hall–Kier alpha value is -3.50. The van der Waals surface area contributed by atoms with Gasteiger partial charge in [0.25, 0.3) is 0 Å². The van der Waals surface area contributed by atoms with Crippen LogP contribution in [0.1, 0.15) is 29.2 Å². The summed E-state index contributed by atoms with van der Waals surface area (Å²) in [7, 11) is 0. The number of carbonyl (C=O) groups is 1. The number of halogens is 1. The van der Waals surface area contributed by atoms with Crippen LogP contribution in [-0.2, 0) is 14.9 Å². The first kappa shape index (κ1) is 19.2. The van der Waals surface area contributed by atoms with Crippen molar-refractivity contribution in [3.63, 3.8) is 0 Å². The van der Waals surface area contributed by atoms with E-state index in [2.05, 4.69) is 24.3 Å². The highest BCUT2D eigenvalue weighted by molar-refractivity contribution is 6.12. The van der Waals surface area contributed by atoms with Gasteiger partial charge in [0.1, 0.15) is 11.2 Å². The van der Waals surface area contributed by atoms with E-state index in [1.54, 1.807) is 0 Å². The van der Waals surface area contributed by atoms with Crippen molar-refractivity contribution in [3.8, 4) is 0 Å². The lowest BCUT2D eigenvalue weighted by atomic mass is 9.73. The highest BCUT2D eigenvalue weighted by atomic mass is 19.1. The minimum atomic E-state index is -0.991. The van der Waals surface area contributed by atoms with Crippen molar-refractivity contribution < 1.29 is 13.9 Å². The molecule has 3 aliphatic rings. The number of anilines is 1. The molecular weight excluding hydrogens is 401 g/mol. The quantitative estimate of drug-likeness (QED) is 0.545. The molecule has 1 fully saturated rings. The predicted octanol–water partition coefficient (Wildman–Crippen LogP) is 5.64. The van der Waals surface area contributed by atoms with Crippen LogP contribution < -0.4 is 4.90 Å². The molecule has 2 aliphatic heterocycles. The normalized spacial score (nSPS) is 23.9. The average Bonchev–Trinajstić information content (AvgIpc) is 3.33. The molecule has 4 heteroatoms. The van der Waals surface area contributed by atoms with E-state index >= 15 is 0 Å². The highest BCUT2D eigenvalue weighted by Gasteiger charge is 2.60. The average molecular weight is 423 g/mol. The zero-order valence-corrected chi connectivity index (χ0v) is 17.4. The molecule has 2 heterocycles. The first-order chi connectivity index (χ1) is 15.7. The molecule has 158 valence electrons. The molecule has 6 rings (SSSR count). The van der Waals surface area contributed by atoms with Crippen molar-refractivity contribution >= 4 is 11.6 Å². The summed E-state index contributed by atoms with van der Waals surface area (Å²) < 4.78 is 20.4. The second kappa shape index (κ2) is 7.28. The number of hydrogen-bond acceptors (Lipinski definition) is 2. The van der Waals surface area contributed by atoms with Gasteiger partial charge < -0.3 is 4.74 Å². The van der Waals surface area contributed by atoms with E-state index < -0.39 is 5.41 Å². The van der Waals surface area contributed by atoms with Crippen LogP contribution in [0.3, 0.4) is 0 Å². The molecule has 0 N–H and O–H groups in total. The smallest absolute Gasteiger partial charge is 0.245 e. The molecular formula is C28H22FNO2. The van der Waals surface area contributed by atoms with Gasteiger partial charge in [-0.05, 0) is 46.9 Å². The number of fused-ring (bicyclic) bond motifs is 4. The van der Waals surface area contributed by atoms with Gasteiger partial charge in [-0.1, -0.05) is 78.9 Å².